The normalized spacial score (nSPS) is 18.7. The maximum atomic E-state index is 12.0. The minimum atomic E-state index is -4.12. The average Bonchev–Trinajstić information content (AvgIpc) is 2.93. The molecule has 1 fully saturated rings. The van der Waals surface area contributed by atoms with Gasteiger partial charge in [-0.15, -0.1) is 0 Å². The van der Waals surface area contributed by atoms with Gasteiger partial charge in [-0.05, 0) is 56.5 Å². The molecule has 0 aliphatic carbocycles. The molecule has 1 saturated heterocycles. The van der Waals surface area contributed by atoms with Crippen molar-refractivity contribution in [3.8, 4) is 5.75 Å². The third kappa shape index (κ3) is 5.40. The van der Waals surface area contributed by atoms with Crippen LogP contribution >= 0.6 is 0 Å². The second-order valence-corrected chi connectivity index (χ2v) is 5.61. The second-order valence-electron chi connectivity index (χ2n) is 5.61. The van der Waals surface area contributed by atoms with Gasteiger partial charge in [-0.25, -0.2) is 0 Å². The van der Waals surface area contributed by atoms with Gasteiger partial charge in [0.05, 0.1) is 13.2 Å². The first kappa shape index (κ1) is 16.9. The molecule has 124 valence electrons. The maximum absolute atomic E-state index is 12.0. The molecular weight excluding hydrogens is 293 g/mol. The Morgan fingerprint density at radius 3 is 2.64 bits per heavy atom. The molecule has 0 spiro atoms. The fourth-order valence-electron chi connectivity index (χ4n) is 2.76. The largest absolute Gasteiger partial charge is 0.494 e. The van der Waals surface area contributed by atoms with E-state index in [9.17, 15) is 13.2 Å². The van der Waals surface area contributed by atoms with Crippen LogP contribution in [-0.4, -0.2) is 39.0 Å². The molecule has 1 atom stereocenters. The van der Waals surface area contributed by atoms with Crippen molar-refractivity contribution in [2.24, 2.45) is 5.92 Å². The third-order valence-electron chi connectivity index (χ3n) is 3.85. The van der Waals surface area contributed by atoms with Gasteiger partial charge in [0, 0.05) is 18.8 Å². The molecule has 6 heteroatoms. The van der Waals surface area contributed by atoms with Crippen molar-refractivity contribution in [1.29, 1.82) is 0 Å². The molecule has 1 unspecified atom stereocenters. The first-order valence-corrected chi connectivity index (χ1v) is 7.73. The van der Waals surface area contributed by atoms with E-state index in [4.69, 9.17) is 4.74 Å². The Labute approximate surface area is 129 Å². The van der Waals surface area contributed by atoms with Crippen molar-refractivity contribution < 1.29 is 17.9 Å². The van der Waals surface area contributed by atoms with Crippen LogP contribution in [0, 0.1) is 5.92 Å². The molecule has 1 heterocycles. The average molecular weight is 316 g/mol. The minimum Gasteiger partial charge on any atom is -0.494 e. The Balaban J connectivity index is 1.73. The summed E-state index contributed by atoms with van der Waals surface area (Å²) in [5.74, 6) is 1.31. The summed E-state index contributed by atoms with van der Waals surface area (Å²) in [5.41, 5.74) is 1.15. The van der Waals surface area contributed by atoms with Gasteiger partial charge in [-0.3, -0.25) is 0 Å². The Hall–Kier alpha value is -1.43. The summed E-state index contributed by atoms with van der Waals surface area (Å²) in [4.78, 5) is 2.28. The molecular formula is C16H23F3N2O. The zero-order chi connectivity index (χ0) is 16.0. The zero-order valence-corrected chi connectivity index (χ0v) is 12.8. The van der Waals surface area contributed by atoms with Gasteiger partial charge in [-0.1, -0.05) is 0 Å². The number of hydrogen-bond donors (Lipinski definition) is 1. The van der Waals surface area contributed by atoms with Crippen LogP contribution in [0.25, 0.3) is 0 Å². The van der Waals surface area contributed by atoms with Gasteiger partial charge in [-0.2, -0.15) is 13.2 Å². The highest BCUT2D eigenvalue weighted by Crippen LogP contribution is 2.27. The Kier molecular flexibility index (Phi) is 5.94. The zero-order valence-electron chi connectivity index (χ0n) is 12.8. The lowest BCUT2D eigenvalue weighted by Gasteiger charge is -2.19. The van der Waals surface area contributed by atoms with Crippen LogP contribution in [0.15, 0.2) is 24.3 Å². The van der Waals surface area contributed by atoms with Crippen molar-refractivity contribution >= 4 is 5.69 Å². The molecule has 0 bridgehead atoms. The van der Waals surface area contributed by atoms with E-state index in [1.807, 2.05) is 31.2 Å². The van der Waals surface area contributed by atoms with E-state index < -0.39 is 12.7 Å². The van der Waals surface area contributed by atoms with Crippen LogP contribution in [0.1, 0.15) is 19.8 Å². The van der Waals surface area contributed by atoms with Crippen molar-refractivity contribution in [3.05, 3.63) is 24.3 Å². The van der Waals surface area contributed by atoms with E-state index in [2.05, 4.69) is 10.2 Å². The predicted molar refractivity (Wildman–Crippen MR) is 81.5 cm³/mol. The number of benzene rings is 1. The summed E-state index contributed by atoms with van der Waals surface area (Å²) in [6, 6.07) is 7.98. The summed E-state index contributed by atoms with van der Waals surface area (Å²) >= 11 is 0. The van der Waals surface area contributed by atoms with Crippen LogP contribution < -0.4 is 15.0 Å². The quantitative estimate of drug-likeness (QED) is 0.780. The van der Waals surface area contributed by atoms with E-state index in [-0.39, 0.29) is 0 Å². The van der Waals surface area contributed by atoms with E-state index in [1.165, 1.54) is 0 Å². The summed E-state index contributed by atoms with van der Waals surface area (Å²) in [5, 5.41) is 2.47. The molecule has 2 rings (SSSR count). The minimum absolute atomic E-state index is 0.418. The van der Waals surface area contributed by atoms with Crippen LogP contribution in [0.2, 0.25) is 0 Å². The molecule has 0 radical (unpaired) electrons. The number of ether oxygens (including phenoxy) is 1. The fourth-order valence-corrected chi connectivity index (χ4v) is 2.76. The number of hydrogen-bond acceptors (Lipinski definition) is 3. The molecule has 1 aromatic rings. The monoisotopic (exact) mass is 316 g/mol. The lowest BCUT2D eigenvalue weighted by atomic mass is 10.1. The highest BCUT2D eigenvalue weighted by atomic mass is 19.4. The van der Waals surface area contributed by atoms with E-state index in [0.717, 1.165) is 37.4 Å². The SMILES string of the molecule is CCOc1ccc(N2CCC(CCNCC(F)(F)F)C2)cc1. The van der Waals surface area contributed by atoms with Crippen molar-refractivity contribution in [2.75, 3.05) is 37.7 Å². The Morgan fingerprint density at radius 1 is 1.27 bits per heavy atom. The Morgan fingerprint density at radius 2 is 2.00 bits per heavy atom. The summed E-state index contributed by atoms with van der Waals surface area (Å²) in [6.45, 7) is 3.98. The van der Waals surface area contributed by atoms with Crippen LogP contribution in [0.5, 0.6) is 5.75 Å². The number of rotatable bonds is 7. The van der Waals surface area contributed by atoms with E-state index in [1.54, 1.807) is 0 Å². The molecule has 0 amide bonds. The Bertz CT molecular complexity index is 448. The van der Waals surface area contributed by atoms with E-state index in [0.29, 0.717) is 19.1 Å². The lowest BCUT2D eigenvalue weighted by Crippen LogP contribution is -2.30. The predicted octanol–water partition coefficient (Wildman–Crippen LogP) is 3.45. The number of halogens is 3. The number of anilines is 1. The smallest absolute Gasteiger partial charge is 0.401 e. The summed E-state index contributed by atoms with van der Waals surface area (Å²) in [6.07, 6.45) is -2.31. The molecule has 1 aromatic carbocycles. The first-order valence-electron chi connectivity index (χ1n) is 7.73. The highest BCUT2D eigenvalue weighted by molar-refractivity contribution is 5.49. The van der Waals surface area contributed by atoms with Gasteiger partial charge < -0.3 is 15.0 Å². The van der Waals surface area contributed by atoms with Crippen molar-refractivity contribution in [2.45, 2.75) is 25.9 Å². The molecule has 3 nitrogen and oxygen atoms in total. The van der Waals surface area contributed by atoms with Gasteiger partial charge in [0.2, 0.25) is 0 Å². The van der Waals surface area contributed by atoms with Crippen LogP contribution in [0.3, 0.4) is 0 Å². The van der Waals surface area contributed by atoms with Crippen molar-refractivity contribution in [3.63, 3.8) is 0 Å². The molecule has 22 heavy (non-hydrogen) atoms. The molecule has 0 aromatic heterocycles. The standard InChI is InChI=1S/C16H23F3N2O/c1-2-22-15-5-3-14(4-6-15)21-10-8-13(11-21)7-9-20-12-16(17,18)19/h3-6,13,20H,2,7-12H2,1H3. The van der Waals surface area contributed by atoms with E-state index >= 15 is 0 Å². The second kappa shape index (κ2) is 7.72. The lowest BCUT2D eigenvalue weighted by molar-refractivity contribution is -0.124. The van der Waals surface area contributed by atoms with Crippen LogP contribution in [-0.2, 0) is 0 Å². The van der Waals surface area contributed by atoms with Crippen LogP contribution in [0.4, 0.5) is 18.9 Å². The topological polar surface area (TPSA) is 24.5 Å². The van der Waals surface area contributed by atoms with Gasteiger partial charge >= 0.3 is 6.18 Å². The molecule has 0 saturated carbocycles. The highest BCUT2D eigenvalue weighted by Gasteiger charge is 2.27. The fraction of sp³-hybridized carbons (Fsp3) is 0.625. The van der Waals surface area contributed by atoms with Gasteiger partial charge in [0.15, 0.2) is 0 Å². The number of nitrogens with zero attached hydrogens (tertiary/aromatic N) is 1. The summed E-state index contributed by atoms with van der Waals surface area (Å²) in [7, 11) is 0. The summed E-state index contributed by atoms with van der Waals surface area (Å²) < 4.78 is 41.6. The van der Waals surface area contributed by atoms with Gasteiger partial charge in [0.1, 0.15) is 5.75 Å². The maximum Gasteiger partial charge on any atom is 0.401 e. The molecule has 1 aliphatic heterocycles. The third-order valence-corrected chi connectivity index (χ3v) is 3.85. The molecule has 1 aliphatic rings. The first-order chi connectivity index (χ1) is 10.5. The van der Waals surface area contributed by atoms with Gasteiger partial charge in [0.25, 0.3) is 0 Å². The number of nitrogens with one attached hydrogen (secondary N) is 1. The molecule has 1 N–H and O–H groups in total. The van der Waals surface area contributed by atoms with Crippen molar-refractivity contribution in [1.82, 2.24) is 5.32 Å². The number of alkyl halides is 3.